The first-order valence-corrected chi connectivity index (χ1v) is 8.25. The van der Waals surface area contributed by atoms with Crippen LogP contribution in [-0.2, 0) is 0 Å². The number of rotatable bonds is 6. The first kappa shape index (κ1) is 19.4. The van der Waals surface area contributed by atoms with Gasteiger partial charge in [0.05, 0.1) is 11.9 Å². The van der Waals surface area contributed by atoms with Gasteiger partial charge in [-0.05, 0) is 23.8 Å². The van der Waals surface area contributed by atoms with Crippen LogP contribution >= 0.6 is 0 Å². The molecule has 0 spiro atoms. The lowest BCUT2D eigenvalue weighted by atomic mass is 10.0. The SMILES string of the molecule is N#CCOc1ccccc1-c1ccc(-n2cc(NC(N)=O)c(C(N)=O)n2)c(F)c1. The Balaban J connectivity index is 2.01. The Labute approximate surface area is 164 Å². The van der Waals surface area contributed by atoms with Crippen molar-refractivity contribution in [2.75, 3.05) is 11.9 Å². The molecule has 146 valence electrons. The maximum atomic E-state index is 14.8. The second-order valence-corrected chi connectivity index (χ2v) is 5.80. The average Bonchev–Trinajstić information content (AvgIpc) is 3.09. The van der Waals surface area contributed by atoms with Gasteiger partial charge in [-0.3, -0.25) is 4.79 Å². The highest BCUT2D eigenvalue weighted by molar-refractivity contribution is 6.00. The number of amides is 3. The minimum atomic E-state index is -0.920. The third-order valence-corrected chi connectivity index (χ3v) is 3.89. The summed E-state index contributed by atoms with van der Waals surface area (Å²) < 4.78 is 21.3. The molecule has 0 unspecified atom stereocenters. The molecule has 3 rings (SSSR count). The Morgan fingerprint density at radius 2 is 2.00 bits per heavy atom. The molecule has 0 fully saturated rings. The average molecular weight is 394 g/mol. The minimum Gasteiger partial charge on any atom is -0.478 e. The van der Waals surface area contributed by atoms with E-state index in [-0.39, 0.29) is 23.7 Å². The van der Waals surface area contributed by atoms with E-state index in [0.717, 1.165) is 4.68 Å². The summed E-state index contributed by atoms with van der Waals surface area (Å²) in [6.07, 6.45) is 1.23. The van der Waals surface area contributed by atoms with Crippen LogP contribution in [0.1, 0.15) is 10.5 Å². The summed E-state index contributed by atoms with van der Waals surface area (Å²) in [6.45, 7) is -0.142. The van der Waals surface area contributed by atoms with Gasteiger partial charge in [-0.2, -0.15) is 10.4 Å². The summed E-state index contributed by atoms with van der Waals surface area (Å²) in [4.78, 5) is 22.6. The van der Waals surface area contributed by atoms with Gasteiger partial charge in [0, 0.05) is 5.56 Å². The summed E-state index contributed by atoms with van der Waals surface area (Å²) in [6, 6.07) is 12.2. The van der Waals surface area contributed by atoms with E-state index in [9.17, 15) is 14.0 Å². The standard InChI is InChI=1S/C19H15FN6O3/c20-13-9-11(12-3-1-2-4-16(12)29-8-7-21)5-6-15(13)26-10-14(24-19(23)28)17(25-26)18(22)27/h1-6,9-10H,8H2,(H2,22,27)(H3,23,24,28). The number of anilines is 1. The summed E-state index contributed by atoms with van der Waals surface area (Å²) in [5, 5.41) is 14.8. The van der Waals surface area contributed by atoms with Crippen molar-refractivity contribution >= 4 is 17.6 Å². The fourth-order valence-electron chi connectivity index (χ4n) is 2.70. The van der Waals surface area contributed by atoms with Crippen LogP contribution in [-0.4, -0.2) is 28.3 Å². The molecule has 1 heterocycles. The Morgan fingerprint density at radius 1 is 1.24 bits per heavy atom. The Kier molecular flexibility index (Phi) is 5.41. The number of carbonyl (C=O) groups is 2. The van der Waals surface area contributed by atoms with Crippen LogP contribution in [0.2, 0.25) is 0 Å². The first-order chi connectivity index (χ1) is 13.9. The van der Waals surface area contributed by atoms with Gasteiger partial charge in [-0.15, -0.1) is 0 Å². The zero-order valence-corrected chi connectivity index (χ0v) is 14.9. The number of halogens is 1. The van der Waals surface area contributed by atoms with Crippen LogP contribution in [0, 0.1) is 17.1 Å². The molecule has 5 N–H and O–H groups in total. The fourth-order valence-corrected chi connectivity index (χ4v) is 2.70. The molecule has 10 heteroatoms. The van der Waals surface area contributed by atoms with Crippen molar-refractivity contribution in [1.29, 1.82) is 5.26 Å². The molecule has 0 atom stereocenters. The number of nitrogens with two attached hydrogens (primary N) is 2. The zero-order chi connectivity index (χ0) is 21.0. The molecule has 3 aromatic rings. The number of primary amides is 2. The number of para-hydroxylation sites is 1. The molecule has 29 heavy (non-hydrogen) atoms. The molecule has 1 aromatic heterocycles. The van der Waals surface area contributed by atoms with Crippen molar-refractivity contribution in [2.24, 2.45) is 11.5 Å². The van der Waals surface area contributed by atoms with Crippen LogP contribution in [0.25, 0.3) is 16.8 Å². The van der Waals surface area contributed by atoms with Crippen molar-refractivity contribution in [1.82, 2.24) is 9.78 Å². The molecule has 0 saturated carbocycles. The third-order valence-electron chi connectivity index (χ3n) is 3.89. The number of ether oxygens (including phenoxy) is 1. The maximum Gasteiger partial charge on any atom is 0.316 e. The maximum absolute atomic E-state index is 14.8. The summed E-state index contributed by atoms with van der Waals surface area (Å²) in [7, 11) is 0. The lowest BCUT2D eigenvalue weighted by Crippen LogP contribution is -2.22. The molecule has 0 radical (unpaired) electrons. The molecule has 9 nitrogen and oxygen atoms in total. The van der Waals surface area contributed by atoms with E-state index in [2.05, 4.69) is 10.4 Å². The number of hydrogen-bond donors (Lipinski definition) is 3. The van der Waals surface area contributed by atoms with Gasteiger partial charge in [0.25, 0.3) is 5.91 Å². The second-order valence-electron chi connectivity index (χ2n) is 5.80. The number of aromatic nitrogens is 2. The van der Waals surface area contributed by atoms with Crippen LogP contribution in [0.15, 0.2) is 48.7 Å². The smallest absolute Gasteiger partial charge is 0.316 e. The highest BCUT2D eigenvalue weighted by atomic mass is 19.1. The van der Waals surface area contributed by atoms with Crippen LogP contribution < -0.4 is 21.5 Å². The number of nitrogens with one attached hydrogen (secondary N) is 1. The van der Waals surface area contributed by atoms with Gasteiger partial charge in [-0.25, -0.2) is 13.9 Å². The van der Waals surface area contributed by atoms with E-state index in [1.54, 1.807) is 30.3 Å². The van der Waals surface area contributed by atoms with Gasteiger partial charge in [-0.1, -0.05) is 24.3 Å². The number of benzene rings is 2. The van der Waals surface area contributed by atoms with Gasteiger partial charge < -0.3 is 21.5 Å². The lowest BCUT2D eigenvalue weighted by Gasteiger charge is -2.11. The molecular formula is C19H15FN6O3. The molecule has 0 aliphatic carbocycles. The van der Waals surface area contributed by atoms with Crippen molar-refractivity contribution in [3.63, 3.8) is 0 Å². The molecule has 3 amide bonds. The lowest BCUT2D eigenvalue weighted by molar-refractivity contribution is 0.0996. The Morgan fingerprint density at radius 3 is 2.66 bits per heavy atom. The molecule has 0 saturated heterocycles. The topological polar surface area (TPSA) is 149 Å². The predicted octanol–water partition coefficient (Wildman–Crippen LogP) is 2.17. The highest BCUT2D eigenvalue weighted by Crippen LogP contribution is 2.31. The summed E-state index contributed by atoms with van der Waals surface area (Å²) in [5.74, 6) is -1.13. The minimum absolute atomic E-state index is 0.0178. The van der Waals surface area contributed by atoms with E-state index in [1.807, 2.05) is 6.07 Å². The molecule has 0 aliphatic rings. The molecule has 0 bridgehead atoms. The van der Waals surface area contributed by atoms with Crippen molar-refractivity contribution < 1.29 is 18.7 Å². The van der Waals surface area contributed by atoms with E-state index >= 15 is 0 Å². The molecular weight excluding hydrogens is 379 g/mol. The van der Waals surface area contributed by atoms with Gasteiger partial charge >= 0.3 is 6.03 Å². The predicted molar refractivity (Wildman–Crippen MR) is 102 cm³/mol. The summed E-state index contributed by atoms with van der Waals surface area (Å²) in [5.41, 5.74) is 11.1. The number of nitriles is 1. The van der Waals surface area contributed by atoms with Crippen molar-refractivity contribution in [3.05, 3.63) is 60.2 Å². The number of urea groups is 1. The Hall–Kier alpha value is -4.39. The molecule has 0 aliphatic heterocycles. The van der Waals surface area contributed by atoms with Crippen molar-refractivity contribution in [2.45, 2.75) is 0 Å². The number of nitrogens with zero attached hydrogens (tertiary/aromatic N) is 3. The van der Waals surface area contributed by atoms with E-state index in [4.69, 9.17) is 21.5 Å². The molecule has 2 aromatic carbocycles. The summed E-state index contributed by atoms with van der Waals surface area (Å²) >= 11 is 0. The van der Waals surface area contributed by atoms with Gasteiger partial charge in [0.15, 0.2) is 12.3 Å². The monoisotopic (exact) mass is 394 g/mol. The zero-order valence-electron chi connectivity index (χ0n) is 14.9. The van der Waals surface area contributed by atoms with Crippen LogP contribution in [0.5, 0.6) is 5.75 Å². The number of hydrogen-bond acceptors (Lipinski definition) is 5. The quantitative estimate of drug-likeness (QED) is 0.586. The van der Waals surface area contributed by atoms with Gasteiger partial charge in [0.2, 0.25) is 0 Å². The van der Waals surface area contributed by atoms with E-state index in [0.29, 0.717) is 16.9 Å². The normalized spacial score (nSPS) is 10.2. The largest absolute Gasteiger partial charge is 0.478 e. The van der Waals surface area contributed by atoms with Gasteiger partial charge in [0.1, 0.15) is 23.3 Å². The number of carbonyl (C=O) groups excluding carboxylic acids is 2. The second kappa shape index (κ2) is 8.10. The first-order valence-electron chi connectivity index (χ1n) is 8.25. The Bertz CT molecular complexity index is 1140. The van der Waals surface area contributed by atoms with Crippen LogP contribution in [0.3, 0.4) is 0 Å². The van der Waals surface area contributed by atoms with Crippen molar-refractivity contribution in [3.8, 4) is 28.6 Å². The van der Waals surface area contributed by atoms with E-state index < -0.39 is 17.8 Å². The third kappa shape index (κ3) is 4.14. The highest BCUT2D eigenvalue weighted by Gasteiger charge is 2.18. The fraction of sp³-hybridized carbons (Fsp3) is 0.0526. The van der Waals surface area contributed by atoms with E-state index in [1.165, 1.54) is 18.3 Å². The van der Waals surface area contributed by atoms with Crippen LogP contribution in [0.4, 0.5) is 14.9 Å².